The predicted molar refractivity (Wildman–Crippen MR) is 110 cm³/mol. The van der Waals surface area contributed by atoms with Gasteiger partial charge in [0.15, 0.2) is 0 Å². The third-order valence-electron chi connectivity index (χ3n) is 4.72. The van der Waals surface area contributed by atoms with E-state index in [9.17, 15) is 4.79 Å². The lowest BCUT2D eigenvalue weighted by Crippen LogP contribution is -2.52. The first-order valence-electron chi connectivity index (χ1n) is 8.61. The summed E-state index contributed by atoms with van der Waals surface area (Å²) in [5, 5.41) is 3.68. The second-order valence-corrected chi connectivity index (χ2v) is 7.76. The molecule has 0 unspecified atom stereocenters. The summed E-state index contributed by atoms with van der Waals surface area (Å²) in [5.41, 5.74) is 2.95. The fraction of sp³-hybridized carbons (Fsp3) is 0.368. The molecule has 1 aromatic carbocycles. The van der Waals surface area contributed by atoms with E-state index < -0.39 is 0 Å². The fourth-order valence-electron chi connectivity index (χ4n) is 3.10. The minimum Gasteiger partial charge on any atom is -0.368 e. The van der Waals surface area contributed by atoms with Crippen LogP contribution in [-0.2, 0) is 4.79 Å². The van der Waals surface area contributed by atoms with Crippen molar-refractivity contribution in [3.8, 4) is 0 Å². The lowest BCUT2D eigenvalue weighted by atomic mass is 10.2. The molecule has 1 saturated heterocycles. The quantitative estimate of drug-likeness (QED) is 0.787. The van der Waals surface area contributed by atoms with Crippen LogP contribution in [0.5, 0.6) is 0 Å². The lowest BCUT2D eigenvalue weighted by Gasteiger charge is -2.38. The molecule has 0 saturated carbocycles. The first-order valence-corrected chi connectivity index (χ1v) is 9.78. The molecule has 1 N–H and O–H groups in total. The Bertz CT molecular complexity index is 793. The van der Waals surface area contributed by atoms with Crippen LogP contribution in [0.25, 0.3) is 0 Å². The fourth-order valence-corrected chi connectivity index (χ4v) is 3.93. The zero-order valence-corrected chi connectivity index (χ0v) is 17.2. The Hall–Kier alpha value is -1.63. The van der Waals surface area contributed by atoms with Gasteiger partial charge in [-0.3, -0.25) is 14.7 Å². The van der Waals surface area contributed by atoms with Gasteiger partial charge < -0.3 is 10.2 Å². The van der Waals surface area contributed by atoms with E-state index in [1.165, 1.54) is 0 Å². The number of hydrogen-bond acceptors (Lipinski definition) is 4. The number of carbonyl (C=O) groups is 1. The lowest BCUT2D eigenvalue weighted by molar-refractivity contribution is -0.120. The summed E-state index contributed by atoms with van der Waals surface area (Å²) in [5.74, 6) is 0.00458. The minimum atomic E-state index is -0.196. The zero-order valence-electron chi connectivity index (χ0n) is 14.9. The van der Waals surface area contributed by atoms with Crippen LogP contribution in [0, 0.1) is 6.92 Å². The van der Waals surface area contributed by atoms with Gasteiger partial charge in [-0.15, -0.1) is 0 Å². The number of aryl methyl sites for hydroxylation is 1. The Morgan fingerprint density at radius 2 is 2.00 bits per heavy atom. The van der Waals surface area contributed by atoms with E-state index in [-0.39, 0.29) is 11.9 Å². The first-order chi connectivity index (χ1) is 12.5. The molecule has 1 atom stereocenters. The predicted octanol–water partition coefficient (Wildman–Crippen LogP) is 3.96. The van der Waals surface area contributed by atoms with Crippen molar-refractivity contribution < 1.29 is 4.79 Å². The van der Waals surface area contributed by atoms with Crippen LogP contribution in [0.15, 0.2) is 41.1 Å². The average Bonchev–Trinajstić information content (AvgIpc) is 2.64. The van der Waals surface area contributed by atoms with E-state index in [0.29, 0.717) is 5.02 Å². The normalized spacial score (nSPS) is 16.4. The van der Waals surface area contributed by atoms with Crippen molar-refractivity contribution in [2.24, 2.45) is 0 Å². The third-order valence-corrected chi connectivity index (χ3v) is 5.66. The summed E-state index contributed by atoms with van der Waals surface area (Å²) in [7, 11) is 0. The molecule has 0 spiro atoms. The highest BCUT2D eigenvalue weighted by atomic mass is 79.9. The Morgan fingerprint density at radius 1 is 1.27 bits per heavy atom. The number of piperazine rings is 1. The van der Waals surface area contributed by atoms with Gasteiger partial charge in [0.25, 0.3) is 0 Å². The zero-order chi connectivity index (χ0) is 18.7. The molecule has 1 aliphatic heterocycles. The van der Waals surface area contributed by atoms with Gasteiger partial charge in [-0.2, -0.15) is 0 Å². The van der Waals surface area contributed by atoms with Crippen LogP contribution in [0.2, 0.25) is 5.02 Å². The summed E-state index contributed by atoms with van der Waals surface area (Å²) in [4.78, 5) is 21.1. The Balaban J connectivity index is 1.58. The molecule has 3 rings (SSSR count). The van der Waals surface area contributed by atoms with E-state index in [1.54, 1.807) is 12.4 Å². The molecule has 0 bridgehead atoms. The summed E-state index contributed by atoms with van der Waals surface area (Å²) in [6, 6.07) is 7.65. The van der Waals surface area contributed by atoms with Gasteiger partial charge in [0, 0.05) is 43.0 Å². The van der Waals surface area contributed by atoms with Crippen molar-refractivity contribution in [2.75, 3.05) is 36.4 Å². The maximum absolute atomic E-state index is 12.6. The molecule has 1 aliphatic rings. The van der Waals surface area contributed by atoms with Crippen LogP contribution in [0.3, 0.4) is 0 Å². The number of nitrogens with zero attached hydrogens (tertiary/aromatic N) is 3. The van der Waals surface area contributed by atoms with E-state index in [4.69, 9.17) is 11.6 Å². The molecule has 5 nitrogen and oxygen atoms in total. The summed E-state index contributed by atoms with van der Waals surface area (Å²) < 4.78 is 0.898. The van der Waals surface area contributed by atoms with Crippen molar-refractivity contribution in [2.45, 2.75) is 19.9 Å². The van der Waals surface area contributed by atoms with Crippen LogP contribution in [0.4, 0.5) is 11.4 Å². The highest BCUT2D eigenvalue weighted by molar-refractivity contribution is 9.10. The molecule has 0 aliphatic carbocycles. The van der Waals surface area contributed by atoms with Crippen LogP contribution in [-0.4, -0.2) is 48.0 Å². The molecule has 1 fully saturated rings. The molecular weight excluding hydrogens is 416 g/mol. The van der Waals surface area contributed by atoms with E-state index >= 15 is 0 Å². The molecule has 7 heteroatoms. The number of rotatable bonds is 4. The average molecular weight is 438 g/mol. The van der Waals surface area contributed by atoms with Gasteiger partial charge in [0.2, 0.25) is 5.91 Å². The third kappa shape index (κ3) is 4.37. The second kappa shape index (κ2) is 8.37. The van der Waals surface area contributed by atoms with Crippen molar-refractivity contribution in [1.82, 2.24) is 9.88 Å². The van der Waals surface area contributed by atoms with Crippen LogP contribution >= 0.6 is 27.5 Å². The summed E-state index contributed by atoms with van der Waals surface area (Å²) >= 11 is 9.75. The van der Waals surface area contributed by atoms with E-state index in [1.807, 2.05) is 38.1 Å². The van der Waals surface area contributed by atoms with E-state index in [2.05, 4.69) is 36.0 Å². The smallest absolute Gasteiger partial charge is 0.241 e. The Labute approximate surface area is 167 Å². The molecule has 26 heavy (non-hydrogen) atoms. The van der Waals surface area contributed by atoms with Gasteiger partial charge in [-0.25, -0.2) is 0 Å². The topological polar surface area (TPSA) is 48.5 Å². The maximum Gasteiger partial charge on any atom is 0.241 e. The molecular formula is C19H22BrClN4O. The Morgan fingerprint density at radius 3 is 2.65 bits per heavy atom. The van der Waals surface area contributed by atoms with Crippen molar-refractivity contribution in [1.29, 1.82) is 0 Å². The van der Waals surface area contributed by atoms with Gasteiger partial charge in [0.1, 0.15) is 0 Å². The monoisotopic (exact) mass is 436 g/mol. The number of anilines is 2. The number of nitrogens with one attached hydrogen (secondary N) is 1. The largest absolute Gasteiger partial charge is 0.368 e. The molecule has 0 radical (unpaired) electrons. The number of hydrogen-bond donors (Lipinski definition) is 1. The van der Waals surface area contributed by atoms with Gasteiger partial charge >= 0.3 is 0 Å². The van der Waals surface area contributed by atoms with Crippen molar-refractivity contribution in [3.05, 3.63) is 51.7 Å². The van der Waals surface area contributed by atoms with Crippen molar-refractivity contribution >= 4 is 44.8 Å². The standard InChI is InChI=1S/C19H22BrClN4O/c1-13-3-4-17(15(20)11-13)23-19(26)14(2)24-7-9-25(10-8-24)18-5-6-22-12-16(18)21/h3-6,11-12,14H,7-10H2,1-2H3,(H,23,26)/t14-/m1/s1. The molecule has 138 valence electrons. The molecule has 1 aromatic heterocycles. The number of carbonyl (C=O) groups excluding carboxylic acids is 1. The molecule has 2 heterocycles. The Kier molecular flexibility index (Phi) is 6.16. The first kappa shape index (κ1) is 19.1. The SMILES string of the molecule is Cc1ccc(NC(=O)[C@@H](C)N2CCN(c3ccncc3Cl)CC2)c(Br)c1. The number of halogens is 2. The number of benzene rings is 1. The van der Waals surface area contributed by atoms with Gasteiger partial charge in [-0.1, -0.05) is 17.7 Å². The summed E-state index contributed by atoms with van der Waals surface area (Å²) in [6.45, 7) is 7.25. The molecule has 2 aromatic rings. The number of aromatic nitrogens is 1. The number of pyridine rings is 1. The van der Waals surface area contributed by atoms with Crippen LogP contribution in [0.1, 0.15) is 12.5 Å². The van der Waals surface area contributed by atoms with Crippen LogP contribution < -0.4 is 10.2 Å². The van der Waals surface area contributed by atoms with Gasteiger partial charge in [-0.05, 0) is 53.5 Å². The summed E-state index contributed by atoms with van der Waals surface area (Å²) in [6.07, 6.45) is 3.42. The second-order valence-electron chi connectivity index (χ2n) is 6.50. The number of amides is 1. The van der Waals surface area contributed by atoms with E-state index in [0.717, 1.165) is 47.6 Å². The van der Waals surface area contributed by atoms with Gasteiger partial charge in [0.05, 0.1) is 22.4 Å². The highest BCUT2D eigenvalue weighted by Crippen LogP contribution is 2.26. The maximum atomic E-state index is 12.6. The minimum absolute atomic E-state index is 0.00458. The highest BCUT2D eigenvalue weighted by Gasteiger charge is 2.26. The van der Waals surface area contributed by atoms with Crippen molar-refractivity contribution in [3.63, 3.8) is 0 Å². The molecule has 1 amide bonds.